The van der Waals surface area contributed by atoms with Crippen LogP contribution in [0.4, 0.5) is 5.69 Å². The van der Waals surface area contributed by atoms with E-state index in [1.165, 1.54) is 43.6 Å². The van der Waals surface area contributed by atoms with Gasteiger partial charge in [0.2, 0.25) is 21.1 Å². The summed E-state index contributed by atoms with van der Waals surface area (Å²) in [5.41, 5.74) is 2.48. The summed E-state index contributed by atoms with van der Waals surface area (Å²) in [7, 11) is -0.664. The van der Waals surface area contributed by atoms with Crippen LogP contribution < -0.4 is 5.32 Å². The lowest BCUT2D eigenvalue weighted by Gasteiger charge is -2.12. The minimum Gasteiger partial charge on any atom is -0.325 e. The van der Waals surface area contributed by atoms with Crippen LogP contribution in [0.1, 0.15) is 25.3 Å². The number of hydrogen-bond donors (Lipinski definition) is 1. The molecule has 0 spiro atoms. The highest BCUT2D eigenvalue weighted by molar-refractivity contribution is 7.99. The maximum atomic E-state index is 12.4. The van der Waals surface area contributed by atoms with Crippen LogP contribution in [0.5, 0.6) is 0 Å². The number of aryl methyl sites for hydroxylation is 1. The van der Waals surface area contributed by atoms with Crippen LogP contribution in [0.25, 0.3) is 5.69 Å². The van der Waals surface area contributed by atoms with Crippen LogP contribution in [-0.4, -0.2) is 58.7 Å². The molecule has 9 nitrogen and oxygen atoms in total. The maximum absolute atomic E-state index is 12.4. The fraction of sp³-hybridized carbons (Fsp3) is 0.333. The van der Waals surface area contributed by atoms with Gasteiger partial charge >= 0.3 is 0 Å². The number of unbranched alkanes of at least 4 members (excludes halogenated alkanes) is 1. The van der Waals surface area contributed by atoms with E-state index < -0.39 is 10.0 Å². The number of aromatic nitrogens is 4. The van der Waals surface area contributed by atoms with Gasteiger partial charge in [-0.15, -0.1) is 5.10 Å². The van der Waals surface area contributed by atoms with E-state index in [-0.39, 0.29) is 16.6 Å². The molecule has 0 atom stereocenters. The molecule has 0 saturated heterocycles. The van der Waals surface area contributed by atoms with Crippen LogP contribution in [0.3, 0.4) is 0 Å². The number of nitrogens with one attached hydrogen (secondary N) is 1. The Balaban J connectivity index is 1.63. The Morgan fingerprint density at radius 1 is 1.16 bits per heavy atom. The third-order valence-corrected chi connectivity index (χ3v) is 7.40. The number of carbonyl (C=O) groups is 1. The van der Waals surface area contributed by atoms with E-state index in [4.69, 9.17) is 0 Å². The standard InChI is InChI=1S/C21H26N6O3S2/c1-4-5-7-16-10-12-18(13-11-16)27-21(23-24-25-27)31-15-20(28)22-17-8-6-9-19(14-17)32(29,30)26(2)3/h6,8-14H,4-5,7,15H2,1-3H3,(H,22,28). The zero-order chi connectivity index (χ0) is 23.1. The second-order valence-corrected chi connectivity index (χ2v) is 10.4. The van der Waals surface area contributed by atoms with Crippen molar-refractivity contribution in [3.05, 3.63) is 54.1 Å². The summed E-state index contributed by atoms with van der Waals surface area (Å²) >= 11 is 1.20. The van der Waals surface area contributed by atoms with Crippen molar-refractivity contribution in [1.82, 2.24) is 24.5 Å². The van der Waals surface area contributed by atoms with E-state index in [0.29, 0.717) is 10.8 Å². The fourth-order valence-corrected chi connectivity index (χ4v) is 4.53. The first-order chi connectivity index (χ1) is 15.3. The van der Waals surface area contributed by atoms with Crippen molar-refractivity contribution in [1.29, 1.82) is 0 Å². The topological polar surface area (TPSA) is 110 Å². The van der Waals surface area contributed by atoms with Gasteiger partial charge in [0.25, 0.3) is 0 Å². The van der Waals surface area contributed by atoms with Gasteiger partial charge in [-0.05, 0) is 59.2 Å². The minimum atomic E-state index is -3.58. The van der Waals surface area contributed by atoms with Gasteiger partial charge in [0, 0.05) is 19.8 Å². The Kier molecular flexibility index (Phi) is 7.99. The molecule has 0 saturated carbocycles. The third-order valence-electron chi connectivity index (χ3n) is 4.67. The average Bonchev–Trinajstić information content (AvgIpc) is 3.25. The van der Waals surface area contributed by atoms with Gasteiger partial charge in [-0.1, -0.05) is 43.3 Å². The molecule has 0 fully saturated rings. The summed E-state index contributed by atoms with van der Waals surface area (Å²) in [5, 5.41) is 15.0. The normalized spacial score (nSPS) is 11.6. The van der Waals surface area contributed by atoms with E-state index in [1.54, 1.807) is 16.8 Å². The number of sulfonamides is 1. The lowest BCUT2D eigenvalue weighted by molar-refractivity contribution is -0.113. The van der Waals surface area contributed by atoms with Crippen molar-refractivity contribution >= 4 is 33.4 Å². The van der Waals surface area contributed by atoms with Crippen LogP contribution in [-0.2, 0) is 21.2 Å². The Morgan fingerprint density at radius 2 is 1.91 bits per heavy atom. The average molecular weight is 475 g/mol. The van der Waals surface area contributed by atoms with Crippen molar-refractivity contribution in [2.45, 2.75) is 36.2 Å². The summed E-state index contributed by atoms with van der Waals surface area (Å²) in [5.74, 6) is -0.224. The number of nitrogens with zero attached hydrogens (tertiary/aromatic N) is 5. The fourth-order valence-electron chi connectivity index (χ4n) is 2.89. The van der Waals surface area contributed by atoms with Gasteiger partial charge in [0.05, 0.1) is 16.3 Å². The summed E-state index contributed by atoms with van der Waals surface area (Å²) in [6.45, 7) is 2.16. The van der Waals surface area contributed by atoms with E-state index in [1.807, 2.05) is 12.1 Å². The molecule has 0 unspecified atom stereocenters. The molecular formula is C21H26N6O3S2. The predicted molar refractivity (Wildman–Crippen MR) is 124 cm³/mol. The highest BCUT2D eigenvalue weighted by atomic mass is 32.2. The van der Waals surface area contributed by atoms with Crippen LogP contribution >= 0.6 is 11.8 Å². The van der Waals surface area contributed by atoms with E-state index in [2.05, 4.69) is 39.9 Å². The van der Waals surface area contributed by atoms with Crippen molar-refractivity contribution in [3.8, 4) is 5.69 Å². The SMILES string of the molecule is CCCCc1ccc(-n2nnnc2SCC(=O)Nc2cccc(S(=O)(=O)N(C)C)c2)cc1. The Bertz CT molecular complexity index is 1160. The first-order valence-electron chi connectivity index (χ1n) is 10.1. The second kappa shape index (κ2) is 10.7. The van der Waals surface area contributed by atoms with Gasteiger partial charge in [-0.25, -0.2) is 12.7 Å². The van der Waals surface area contributed by atoms with Crippen LogP contribution in [0.15, 0.2) is 58.6 Å². The number of carbonyl (C=O) groups excluding carboxylic acids is 1. The number of hydrogen-bond acceptors (Lipinski definition) is 7. The molecule has 0 aliphatic carbocycles. The number of anilines is 1. The Hall–Kier alpha value is -2.76. The highest BCUT2D eigenvalue weighted by Gasteiger charge is 2.18. The molecule has 1 aromatic heterocycles. The molecular weight excluding hydrogens is 448 g/mol. The van der Waals surface area contributed by atoms with E-state index in [9.17, 15) is 13.2 Å². The number of amides is 1. The van der Waals surface area contributed by atoms with E-state index in [0.717, 1.165) is 29.3 Å². The molecule has 0 aliphatic rings. The smallest absolute Gasteiger partial charge is 0.242 e. The molecule has 11 heteroatoms. The largest absolute Gasteiger partial charge is 0.325 e. The number of rotatable bonds is 10. The molecule has 0 bridgehead atoms. The molecule has 1 amide bonds. The number of thioether (sulfide) groups is 1. The minimum absolute atomic E-state index is 0.0691. The molecule has 0 radical (unpaired) electrons. The third kappa shape index (κ3) is 5.93. The van der Waals surface area contributed by atoms with Gasteiger partial charge in [0.15, 0.2) is 0 Å². The lowest BCUT2D eigenvalue weighted by atomic mass is 10.1. The zero-order valence-electron chi connectivity index (χ0n) is 18.2. The summed E-state index contributed by atoms with van der Waals surface area (Å²) in [6.07, 6.45) is 3.32. The van der Waals surface area contributed by atoms with E-state index >= 15 is 0 Å². The van der Waals surface area contributed by atoms with Crippen molar-refractivity contribution in [3.63, 3.8) is 0 Å². The van der Waals surface area contributed by atoms with Crippen molar-refractivity contribution in [2.24, 2.45) is 0 Å². The molecule has 0 aliphatic heterocycles. The number of benzene rings is 2. The van der Waals surface area contributed by atoms with Gasteiger partial charge < -0.3 is 5.32 Å². The quantitative estimate of drug-likeness (QED) is 0.450. The van der Waals surface area contributed by atoms with Gasteiger partial charge in [0.1, 0.15) is 0 Å². The van der Waals surface area contributed by atoms with Crippen LogP contribution in [0, 0.1) is 0 Å². The maximum Gasteiger partial charge on any atom is 0.242 e. The highest BCUT2D eigenvalue weighted by Crippen LogP contribution is 2.21. The van der Waals surface area contributed by atoms with Crippen molar-refractivity contribution in [2.75, 3.05) is 25.2 Å². The molecule has 32 heavy (non-hydrogen) atoms. The van der Waals surface area contributed by atoms with Gasteiger partial charge in [-0.2, -0.15) is 4.68 Å². The molecule has 2 aromatic carbocycles. The molecule has 3 rings (SSSR count). The summed E-state index contributed by atoms with van der Waals surface area (Å²) < 4.78 is 27.3. The Morgan fingerprint density at radius 3 is 2.59 bits per heavy atom. The molecule has 1 N–H and O–H groups in total. The Labute approximate surface area is 192 Å². The molecule has 1 heterocycles. The zero-order valence-corrected chi connectivity index (χ0v) is 19.9. The van der Waals surface area contributed by atoms with Crippen LogP contribution in [0.2, 0.25) is 0 Å². The first-order valence-corrected chi connectivity index (χ1v) is 12.6. The number of tetrazole rings is 1. The first kappa shape index (κ1) is 23.9. The molecule has 3 aromatic rings. The summed E-state index contributed by atoms with van der Waals surface area (Å²) in [4.78, 5) is 12.5. The monoisotopic (exact) mass is 474 g/mol. The predicted octanol–water partition coefficient (Wildman–Crippen LogP) is 2.99. The second-order valence-electron chi connectivity index (χ2n) is 7.30. The van der Waals surface area contributed by atoms with Gasteiger partial charge in [-0.3, -0.25) is 4.79 Å². The van der Waals surface area contributed by atoms with Crippen molar-refractivity contribution < 1.29 is 13.2 Å². The molecule has 170 valence electrons. The summed E-state index contributed by atoms with van der Waals surface area (Å²) in [6, 6.07) is 14.2. The lowest BCUT2D eigenvalue weighted by Crippen LogP contribution is -2.22.